The molecule has 0 aliphatic carbocycles. The fourth-order valence-electron chi connectivity index (χ4n) is 2.40. The van der Waals surface area contributed by atoms with Crippen LogP contribution < -0.4 is 4.74 Å². The minimum atomic E-state index is -0.383. The van der Waals surface area contributed by atoms with Gasteiger partial charge in [0.2, 0.25) is 0 Å². The van der Waals surface area contributed by atoms with E-state index in [2.05, 4.69) is 4.98 Å². The topological polar surface area (TPSA) is 48.4 Å². The number of carbonyl (C=O) groups excluding carboxylic acids is 1. The Morgan fingerprint density at radius 1 is 1.08 bits per heavy atom. The standard InChI is InChI=1S/C20H19NO3S/c1-3-23-20(22)18-19(25-14(2)21-18)16-9-11-17(12-10-16)24-13-15-7-5-4-6-8-15/h4-12H,3,13H2,1-2H3. The second kappa shape index (κ2) is 7.94. The van der Waals surface area contributed by atoms with Gasteiger partial charge < -0.3 is 9.47 Å². The number of benzene rings is 2. The zero-order valence-corrected chi connectivity index (χ0v) is 15.0. The zero-order chi connectivity index (χ0) is 17.6. The van der Waals surface area contributed by atoms with E-state index in [0.29, 0.717) is 18.9 Å². The molecule has 0 fully saturated rings. The number of carbonyl (C=O) groups is 1. The van der Waals surface area contributed by atoms with Crippen LogP contribution in [0.1, 0.15) is 28.0 Å². The Hall–Kier alpha value is -2.66. The van der Waals surface area contributed by atoms with Crippen LogP contribution >= 0.6 is 11.3 Å². The van der Waals surface area contributed by atoms with Gasteiger partial charge >= 0.3 is 5.97 Å². The Morgan fingerprint density at radius 2 is 1.80 bits per heavy atom. The van der Waals surface area contributed by atoms with Gasteiger partial charge in [0.05, 0.1) is 16.5 Å². The van der Waals surface area contributed by atoms with Crippen molar-refractivity contribution in [2.45, 2.75) is 20.5 Å². The Balaban J connectivity index is 1.75. The highest BCUT2D eigenvalue weighted by Gasteiger charge is 2.19. The molecular weight excluding hydrogens is 334 g/mol. The normalized spacial score (nSPS) is 10.5. The molecule has 0 spiro atoms. The zero-order valence-electron chi connectivity index (χ0n) is 14.2. The Morgan fingerprint density at radius 3 is 2.48 bits per heavy atom. The number of ether oxygens (including phenoxy) is 2. The van der Waals surface area contributed by atoms with Gasteiger partial charge in [-0.1, -0.05) is 30.3 Å². The molecule has 1 aromatic heterocycles. The Bertz CT molecular complexity index is 841. The summed E-state index contributed by atoms with van der Waals surface area (Å²) in [7, 11) is 0. The molecule has 0 aliphatic rings. The van der Waals surface area contributed by atoms with E-state index in [-0.39, 0.29) is 5.97 Å². The number of aromatic nitrogens is 1. The summed E-state index contributed by atoms with van der Waals surface area (Å²) >= 11 is 1.48. The maximum absolute atomic E-state index is 12.1. The third-order valence-corrected chi connectivity index (χ3v) is 4.59. The predicted octanol–water partition coefficient (Wildman–Crippen LogP) is 4.87. The number of rotatable bonds is 6. The second-order valence-electron chi connectivity index (χ2n) is 5.43. The average Bonchev–Trinajstić information content (AvgIpc) is 3.03. The molecule has 0 amide bonds. The van der Waals surface area contributed by atoms with Crippen LogP contribution in [0.5, 0.6) is 5.75 Å². The smallest absolute Gasteiger partial charge is 0.358 e. The first kappa shape index (κ1) is 17.2. The fraction of sp³-hybridized carbons (Fsp3) is 0.200. The molecule has 0 saturated heterocycles. The van der Waals surface area contributed by atoms with E-state index in [0.717, 1.165) is 26.8 Å². The van der Waals surface area contributed by atoms with Crippen LogP contribution in [0.3, 0.4) is 0 Å². The van der Waals surface area contributed by atoms with Crippen molar-refractivity contribution in [3.05, 3.63) is 70.9 Å². The maximum Gasteiger partial charge on any atom is 0.358 e. The third kappa shape index (κ3) is 4.25. The molecule has 0 N–H and O–H groups in total. The Kier molecular flexibility index (Phi) is 5.46. The van der Waals surface area contributed by atoms with E-state index >= 15 is 0 Å². The van der Waals surface area contributed by atoms with E-state index in [1.807, 2.05) is 61.5 Å². The molecule has 2 aromatic carbocycles. The number of aryl methyl sites for hydroxylation is 1. The number of esters is 1. The summed E-state index contributed by atoms with van der Waals surface area (Å²) in [5.74, 6) is 0.401. The molecule has 3 rings (SSSR count). The molecule has 0 unspecified atom stereocenters. The summed E-state index contributed by atoms with van der Waals surface area (Å²) in [6.45, 7) is 4.53. The highest BCUT2D eigenvalue weighted by Crippen LogP contribution is 2.32. The summed E-state index contributed by atoms with van der Waals surface area (Å²) in [6.07, 6.45) is 0. The SMILES string of the molecule is CCOC(=O)c1nc(C)sc1-c1ccc(OCc2ccccc2)cc1. The first-order valence-corrected chi connectivity index (χ1v) is 8.90. The van der Waals surface area contributed by atoms with E-state index in [9.17, 15) is 4.79 Å². The van der Waals surface area contributed by atoms with Crippen molar-refractivity contribution < 1.29 is 14.3 Å². The Labute approximate surface area is 151 Å². The highest BCUT2D eigenvalue weighted by molar-refractivity contribution is 7.15. The number of thiazole rings is 1. The second-order valence-corrected chi connectivity index (χ2v) is 6.63. The summed E-state index contributed by atoms with van der Waals surface area (Å²) in [5, 5.41) is 0.836. The van der Waals surface area contributed by atoms with Crippen LogP contribution in [0.15, 0.2) is 54.6 Å². The molecule has 0 bridgehead atoms. The molecule has 3 aromatic rings. The van der Waals surface area contributed by atoms with Gasteiger partial charge in [-0.3, -0.25) is 0 Å². The van der Waals surface area contributed by atoms with Gasteiger partial charge in [-0.25, -0.2) is 9.78 Å². The van der Waals surface area contributed by atoms with Crippen molar-refractivity contribution in [1.29, 1.82) is 0 Å². The lowest BCUT2D eigenvalue weighted by Crippen LogP contribution is -2.06. The lowest BCUT2D eigenvalue weighted by Gasteiger charge is -2.07. The molecule has 128 valence electrons. The minimum absolute atomic E-state index is 0.334. The van der Waals surface area contributed by atoms with Crippen LogP contribution in [-0.2, 0) is 11.3 Å². The van der Waals surface area contributed by atoms with Crippen molar-refractivity contribution in [2.75, 3.05) is 6.61 Å². The number of hydrogen-bond acceptors (Lipinski definition) is 5. The van der Waals surface area contributed by atoms with Crippen LogP contribution in [0.25, 0.3) is 10.4 Å². The van der Waals surface area contributed by atoms with Crippen LogP contribution in [-0.4, -0.2) is 17.6 Å². The summed E-state index contributed by atoms with van der Waals surface area (Å²) in [4.78, 5) is 17.2. The van der Waals surface area contributed by atoms with E-state index in [4.69, 9.17) is 9.47 Å². The van der Waals surface area contributed by atoms with Crippen LogP contribution in [0.4, 0.5) is 0 Å². The van der Waals surface area contributed by atoms with Crippen molar-refractivity contribution in [1.82, 2.24) is 4.98 Å². The van der Waals surface area contributed by atoms with Gasteiger partial charge in [0.25, 0.3) is 0 Å². The van der Waals surface area contributed by atoms with Gasteiger partial charge in [0.1, 0.15) is 12.4 Å². The maximum atomic E-state index is 12.1. The molecular formula is C20H19NO3S. The van der Waals surface area contributed by atoms with Gasteiger partial charge in [0, 0.05) is 0 Å². The highest BCUT2D eigenvalue weighted by atomic mass is 32.1. The van der Waals surface area contributed by atoms with Crippen molar-refractivity contribution in [3.8, 4) is 16.2 Å². The van der Waals surface area contributed by atoms with E-state index in [1.54, 1.807) is 6.92 Å². The van der Waals surface area contributed by atoms with Crippen molar-refractivity contribution in [3.63, 3.8) is 0 Å². The average molecular weight is 353 g/mol. The molecule has 0 aliphatic heterocycles. The van der Waals surface area contributed by atoms with Gasteiger partial charge in [-0.05, 0) is 49.2 Å². The minimum Gasteiger partial charge on any atom is -0.489 e. The molecule has 4 nitrogen and oxygen atoms in total. The summed E-state index contributed by atoms with van der Waals surface area (Å²) < 4.78 is 10.9. The van der Waals surface area contributed by atoms with Gasteiger partial charge in [-0.2, -0.15) is 0 Å². The molecule has 5 heteroatoms. The summed E-state index contributed by atoms with van der Waals surface area (Å²) in [5.41, 5.74) is 2.43. The third-order valence-electron chi connectivity index (χ3n) is 3.57. The van der Waals surface area contributed by atoms with Crippen LogP contribution in [0, 0.1) is 6.92 Å². The lowest BCUT2D eigenvalue weighted by molar-refractivity contribution is 0.0521. The van der Waals surface area contributed by atoms with Crippen LogP contribution in [0.2, 0.25) is 0 Å². The predicted molar refractivity (Wildman–Crippen MR) is 99.0 cm³/mol. The largest absolute Gasteiger partial charge is 0.489 e. The van der Waals surface area contributed by atoms with Crippen molar-refractivity contribution >= 4 is 17.3 Å². The first-order valence-electron chi connectivity index (χ1n) is 8.09. The molecule has 25 heavy (non-hydrogen) atoms. The molecule has 0 saturated carbocycles. The molecule has 1 heterocycles. The first-order chi connectivity index (χ1) is 12.2. The number of nitrogens with zero attached hydrogens (tertiary/aromatic N) is 1. The van der Waals surface area contributed by atoms with Gasteiger partial charge in [-0.15, -0.1) is 11.3 Å². The van der Waals surface area contributed by atoms with Gasteiger partial charge in [0.15, 0.2) is 5.69 Å². The number of hydrogen-bond donors (Lipinski definition) is 0. The molecule has 0 atom stereocenters. The van der Waals surface area contributed by atoms with Crippen molar-refractivity contribution in [2.24, 2.45) is 0 Å². The monoisotopic (exact) mass is 353 g/mol. The lowest BCUT2D eigenvalue weighted by atomic mass is 10.1. The molecule has 0 radical (unpaired) electrons. The quantitative estimate of drug-likeness (QED) is 0.593. The fourth-order valence-corrected chi connectivity index (χ4v) is 3.32. The van der Waals surface area contributed by atoms with E-state index < -0.39 is 0 Å². The summed E-state index contributed by atoms with van der Waals surface area (Å²) in [6, 6.07) is 17.7. The van der Waals surface area contributed by atoms with E-state index in [1.165, 1.54) is 11.3 Å².